The minimum Gasteiger partial charge on any atom is -0.454 e. The number of benzene rings is 1. The number of allylic oxidation sites excluding steroid dienone is 6. The van der Waals surface area contributed by atoms with Crippen LogP contribution in [-0.4, -0.2) is 58.9 Å². The Morgan fingerprint density at radius 1 is 0.914 bits per heavy atom. The second kappa shape index (κ2) is 21.8. The van der Waals surface area contributed by atoms with E-state index < -0.39 is 33.8 Å². The maximum Gasteiger partial charge on any atom is 0.338 e. The summed E-state index contributed by atoms with van der Waals surface area (Å²) in [6.07, 6.45) is 13.9. The maximum atomic E-state index is 13.5. The Kier molecular flexibility index (Phi) is 19.6. The van der Waals surface area contributed by atoms with Gasteiger partial charge in [0.1, 0.15) is 12.4 Å². The van der Waals surface area contributed by atoms with Crippen LogP contribution in [0.25, 0.3) is 0 Å². The molecule has 6 nitrogen and oxygen atoms in total. The van der Waals surface area contributed by atoms with Gasteiger partial charge in [-0.3, -0.25) is 4.79 Å². The third kappa shape index (κ3) is 14.6. The van der Waals surface area contributed by atoms with Crippen LogP contribution in [0.5, 0.6) is 0 Å². The molecular weight excluding hydrogens is 821 g/mol. The molecule has 2 rings (SSSR count). The Bertz CT molecular complexity index is 1630. The lowest BCUT2D eigenvalue weighted by Crippen LogP contribution is -2.59. The molecule has 0 saturated heterocycles. The van der Waals surface area contributed by atoms with Crippen LogP contribution >= 0.6 is 15.9 Å². The molecule has 0 unspecified atom stereocenters. The monoisotopic (exact) mass is 900 g/mol. The fraction of sp³-hybridized carbons (Fsp3) is 0.673. The van der Waals surface area contributed by atoms with Crippen LogP contribution in [0.15, 0.2) is 74.8 Å². The van der Waals surface area contributed by atoms with Crippen molar-refractivity contribution in [3.05, 3.63) is 80.4 Å². The standard InChI is InChI=1S/C49H81BrO6Si2/c1-36(2)20-17-21-37(3)24-29-44(56-45(52)40-25-27-41(50)28-26-40)38(4)22-18-31-49(35-55-58(15,16)47(9,10)11)43(23-19-33-54-57(13,14)46(6,7)8)42(39(5)34-51)30-32-48(49,12)53/h20,22,24-28,34,43-44,53H,17-19,21,23,29-33,35H2,1-16H3/b37-24+,38-22+,42-39-/t43-,44-,48+,49-/m1/s1. The van der Waals surface area contributed by atoms with E-state index in [-0.39, 0.29) is 22.0 Å². The minimum atomic E-state index is -2.24. The number of hydrogen-bond acceptors (Lipinski definition) is 6. The Hall–Kier alpha value is -1.89. The van der Waals surface area contributed by atoms with Crippen LogP contribution in [0, 0.1) is 11.3 Å². The van der Waals surface area contributed by atoms with Crippen molar-refractivity contribution in [1.29, 1.82) is 0 Å². The fourth-order valence-corrected chi connectivity index (χ4v) is 9.84. The van der Waals surface area contributed by atoms with Crippen LogP contribution in [-0.2, 0) is 18.4 Å². The van der Waals surface area contributed by atoms with Gasteiger partial charge in [-0.15, -0.1) is 0 Å². The molecule has 4 atom stereocenters. The molecule has 328 valence electrons. The van der Waals surface area contributed by atoms with Crippen molar-refractivity contribution < 1.29 is 28.3 Å². The van der Waals surface area contributed by atoms with Gasteiger partial charge in [0.25, 0.3) is 0 Å². The van der Waals surface area contributed by atoms with E-state index in [2.05, 4.69) is 130 Å². The molecule has 0 heterocycles. The highest BCUT2D eigenvalue weighted by Gasteiger charge is 2.56. The second-order valence-electron chi connectivity index (χ2n) is 20.6. The van der Waals surface area contributed by atoms with Crippen LogP contribution in [0.4, 0.5) is 0 Å². The van der Waals surface area contributed by atoms with E-state index in [1.165, 1.54) is 11.1 Å². The fourth-order valence-electron chi connectivity index (χ4n) is 7.43. The zero-order valence-corrected chi connectivity index (χ0v) is 43.0. The number of carbonyl (C=O) groups excluding carboxylic acids is 2. The molecule has 0 aromatic heterocycles. The van der Waals surface area contributed by atoms with Crippen molar-refractivity contribution in [2.45, 2.75) is 189 Å². The van der Waals surface area contributed by atoms with E-state index in [9.17, 15) is 14.7 Å². The van der Waals surface area contributed by atoms with Gasteiger partial charge in [0.2, 0.25) is 0 Å². The molecule has 0 amide bonds. The summed E-state index contributed by atoms with van der Waals surface area (Å²) in [4.78, 5) is 26.0. The number of aliphatic hydroxyl groups is 1. The summed E-state index contributed by atoms with van der Waals surface area (Å²) in [5, 5.41) is 12.8. The van der Waals surface area contributed by atoms with Crippen molar-refractivity contribution in [3.8, 4) is 0 Å². The minimum absolute atomic E-state index is 0.0155. The van der Waals surface area contributed by atoms with Crippen molar-refractivity contribution in [2.75, 3.05) is 13.2 Å². The zero-order valence-electron chi connectivity index (χ0n) is 39.4. The number of esters is 1. The molecule has 1 aliphatic carbocycles. The second-order valence-corrected chi connectivity index (χ2v) is 31.1. The Balaban J connectivity index is 2.63. The van der Waals surface area contributed by atoms with Gasteiger partial charge in [-0.05, 0) is 171 Å². The van der Waals surface area contributed by atoms with Crippen LogP contribution in [0.3, 0.4) is 0 Å². The first-order valence-corrected chi connectivity index (χ1v) is 28.3. The number of aldehydes is 1. The van der Waals surface area contributed by atoms with Crippen LogP contribution in [0.1, 0.15) is 151 Å². The first-order chi connectivity index (χ1) is 26.6. The largest absolute Gasteiger partial charge is 0.454 e. The molecule has 1 aliphatic rings. The van der Waals surface area contributed by atoms with Crippen LogP contribution < -0.4 is 0 Å². The lowest BCUT2D eigenvalue weighted by molar-refractivity contribution is -0.144. The average molecular weight is 902 g/mol. The first kappa shape index (κ1) is 52.3. The lowest BCUT2D eigenvalue weighted by atomic mass is 9.53. The molecule has 1 saturated carbocycles. The van der Waals surface area contributed by atoms with E-state index in [4.69, 9.17) is 13.6 Å². The van der Waals surface area contributed by atoms with Gasteiger partial charge in [0.15, 0.2) is 16.6 Å². The van der Waals surface area contributed by atoms with E-state index in [1.807, 2.05) is 26.0 Å². The Labute approximate surface area is 365 Å². The van der Waals surface area contributed by atoms with Gasteiger partial charge in [0.05, 0.1) is 11.2 Å². The van der Waals surface area contributed by atoms with Crippen molar-refractivity contribution in [2.24, 2.45) is 11.3 Å². The third-order valence-electron chi connectivity index (χ3n) is 13.8. The third-order valence-corrected chi connectivity index (χ3v) is 23.3. The highest BCUT2D eigenvalue weighted by atomic mass is 79.9. The topological polar surface area (TPSA) is 82.1 Å². The van der Waals surface area contributed by atoms with Gasteiger partial charge < -0.3 is 18.7 Å². The zero-order chi connectivity index (χ0) is 44.3. The molecule has 0 spiro atoms. The predicted molar refractivity (Wildman–Crippen MR) is 253 cm³/mol. The summed E-state index contributed by atoms with van der Waals surface area (Å²) >= 11 is 3.47. The normalized spacial score (nSPS) is 22.7. The van der Waals surface area contributed by atoms with Gasteiger partial charge >= 0.3 is 5.97 Å². The van der Waals surface area contributed by atoms with Gasteiger partial charge in [-0.2, -0.15) is 0 Å². The average Bonchev–Trinajstić information content (AvgIpc) is 3.10. The molecule has 1 fully saturated rings. The van der Waals surface area contributed by atoms with Gasteiger partial charge in [0, 0.05) is 29.5 Å². The number of hydrogen-bond donors (Lipinski definition) is 1. The molecule has 58 heavy (non-hydrogen) atoms. The summed E-state index contributed by atoms with van der Waals surface area (Å²) in [5.41, 5.74) is 4.25. The Morgan fingerprint density at radius 2 is 1.50 bits per heavy atom. The molecule has 0 bridgehead atoms. The summed E-state index contributed by atoms with van der Waals surface area (Å²) < 4.78 is 21.0. The quantitative estimate of drug-likeness (QED) is 0.0351. The summed E-state index contributed by atoms with van der Waals surface area (Å²) in [6, 6.07) is 7.27. The van der Waals surface area contributed by atoms with Gasteiger partial charge in [-0.1, -0.05) is 92.4 Å². The van der Waals surface area contributed by atoms with E-state index in [1.54, 1.807) is 12.1 Å². The smallest absolute Gasteiger partial charge is 0.338 e. The molecule has 1 aromatic carbocycles. The first-order valence-electron chi connectivity index (χ1n) is 21.7. The number of halogens is 1. The number of rotatable bonds is 20. The van der Waals surface area contributed by atoms with Crippen molar-refractivity contribution in [1.82, 2.24) is 0 Å². The summed E-state index contributed by atoms with van der Waals surface area (Å²) in [5.74, 6) is -0.422. The van der Waals surface area contributed by atoms with Crippen LogP contribution in [0.2, 0.25) is 36.3 Å². The highest BCUT2D eigenvalue weighted by molar-refractivity contribution is 9.10. The van der Waals surface area contributed by atoms with Crippen molar-refractivity contribution >= 4 is 44.8 Å². The Morgan fingerprint density at radius 3 is 2.05 bits per heavy atom. The molecular formula is C49H81BrO6Si2. The molecule has 0 aliphatic heterocycles. The molecule has 1 aromatic rings. The number of carbonyl (C=O) groups is 2. The number of ether oxygens (including phenoxy) is 1. The van der Waals surface area contributed by atoms with Gasteiger partial charge in [-0.25, -0.2) is 4.79 Å². The van der Waals surface area contributed by atoms with E-state index in [0.29, 0.717) is 50.9 Å². The maximum absolute atomic E-state index is 13.5. The molecule has 0 radical (unpaired) electrons. The predicted octanol–water partition coefficient (Wildman–Crippen LogP) is 14.3. The van der Waals surface area contributed by atoms with E-state index in [0.717, 1.165) is 53.2 Å². The molecule has 9 heteroatoms. The summed E-state index contributed by atoms with van der Waals surface area (Å²) in [7, 11) is -4.20. The lowest BCUT2D eigenvalue weighted by Gasteiger charge is -2.56. The SMILES string of the molecule is CC(C)=CCC/C(C)=C/C[C@@H](OC(=O)c1ccc(Br)cc1)/C(C)=C/CC[C@@]1(CO[Si](C)(C)C(C)(C)C)[C@H](CCCO[Si](C)(C)C(C)(C)C)/C(=C(/C)C=O)CC[C@]1(C)O. The van der Waals surface area contributed by atoms with Crippen molar-refractivity contribution in [3.63, 3.8) is 0 Å². The van der Waals surface area contributed by atoms with E-state index >= 15 is 0 Å². The summed E-state index contributed by atoms with van der Waals surface area (Å²) in [6.45, 7) is 36.1. The molecule has 1 N–H and O–H groups in total. The highest BCUT2D eigenvalue weighted by Crippen LogP contribution is 2.56.